The number of carbonyl (C=O) groups excluding carboxylic acids is 1. The molecule has 0 atom stereocenters. The van der Waals surface area contributed by atoms with Crippen molar-refractivity contribution in [3.05, 3.63) is 0 Å². The fourth-order valence-electron chi connectivity index (χ4n) is 3.64. The SMILES string of the molecule is CCC1(O)CN(C(=O)C(C2CCC2)C2CCC2)C1. The lowest BCUT2D eigenvalue weighted by Gasteiger charge is -2.50. The fourth-order valence-corrected chi connectivity index (χ4v) is 3.64. The fraction of sp³-hybridized carbons (Fsp3) is 0.933. The van der Waals surface area contributed by atoms with Gasteiger partial charge in [0.15, 0.2) is 0 Å². The number of aliphatic hydroxyl groups is 1. The Bertz CT molecular complexity index is 313. The topological polar surface area (TPSA) is 40.5 Å². The number of hydrogen-bond acceptors (Lipinski definition) is 2. The smallest absolute Gasteiger partial charge is 0.226 e. The Morgan fingerprint density at radius 3 is 2.06 bits per heavy atom. The lowest BCUT2D eigenvalue weighted by atomic mass is 9.63. The van der Waals surface area contributed by atoms with E-state index in [2.05, 4.69) is 0 Å². The van der Waals surface area contributed by atoms with Crippen LogP contribution < -0.4 is 0 Å². The number of amides is 1. The van der Waals surface area contributed by atoms with Crippen molar-refractivity contribution in [2.75, 3.05) is 13.1 Å². The molecule has 0 aromatic heterocycles. The number of β-amino-alcohol motifs (C(OH)–C–C–N with tert-alkyl or cyclic N) is 1. The van der Waals surface area contributed by atoms with Crippen molar-refractivity contribution in [1.82, 2.24) is 4.90 Å². The summed E-state index contributed by atoms with van der Waals surface area (Å²) in [5.41, 5.74) is -0.584. The van der Waals surface area contributed by atoms with E-state index in [1.165, 1.54) is 38.5 Å². The van der Waals surface area contributed by atoms with Crippen LogP contribution in [0.3, 0.4) is 0 Å². The second kappa shape index (κ2) is 4.52. The van der Waals surface area contributed by atoms with Gasteiger partial charge in [-0.15, -0.1) is 0 Å². The lowest BCUT2D eigenvalue weighted by molar-refractivity contribution is -0.166. The van der Waals surface area contributed by atoms with Crippen LogP contribution in [0.5, 0.6) is 0 Å². The van der Waals surface area contributed by atoms with Gasteiger partial charge in [0.1, 0.15) is 0 Å². The Morgan fingerprint density at radius 2 is 1.72 bits per heavy atom. The first-order chi connectivity index (χ1) is 8.63. The van der Waals surface area contributed by atoms with E-state index in [9.17, 15) is 9.90 Å². The molecule has 0 bridgehead atoms. The molecule has 1 aliphatic heterocycles. The molecule has 0 unspecified atom stereocenters. The van der Waals surface area contributed by atoms with Crippen LogP contribution in [-0.2, 0) is 4.79 Å². The minimum atomic E-state index is -0.584. The molecule has 3 fully saturated rings. The molecule has 1 heterocycles. The van der Waals surface area contributed by atoms with E-state index in [0.717, 1.165) is 6.42 Å². The normalized spacial score (nSPS) is 27.6. The predicted octanol–water partition coefficient (Wildman–Crippen LogP) is 2.19. The molecule has 1 saturated heterocycles. The summed E-state index contributed by atoms with van der Waals surface area (Å²) in [7, 11) is 0. The second-order valence-electron chi connectivity index (χ2n) is 6.68. The van der Waals surface area contributed by atoms with Crippen LogP contribution in [0.15, 0.2) is 0 Å². The molecular formula is C15H25NO2. The molecule has 3 heteroatoms. The summed E-state index contributed by atoms with van der Waals surface area (Å²) >= 11 is 0. The standard InChI is InChI=1S/C15H25NO2/c1-2-15(18)9-16(10-15)14(17)13(11-5-3-6-11)12-7-4-8-12/h11-13,18H,2-10H2,1H3. The van der Waals surface area contributed by atoms with Crippen molar-refractivity contribution >= 4 is 5.91 Å². The van der Waals surface area contributed by atoms with Crippen molar-refractivity contribution in [2.45, 2.75) is 57.5 Å². The van der Waals surface area contributed by atoms with Crippen LogP contribution in [0.4, 0.5) is 0 Å². The lowest BCUT2D eigenvalue weighted by Crippen LogP contribution is -2.65. The number of nitrogens with zero attached hydrogens (tertiary/aromatic N) is 1. The van der Waals surface area contributed by atoms with Gasteiger partial charge in [-0.2, -0.15) is 0 Å². The molecule has 2 aliphatic carbocycles. The van der Waals surface area contributed by atoms with Gasteiger partial charge in [0.05, 0.1) is 18.7 Å². The monoisotopic (exact) mass is 251 g/mol. The quantitative estimate of drug-likeness (QED) is 0.832. The van der Waals surface area contributed by atoms with Gasteiger partial charge in [-0.05, 0) is 43.9 Å². The third-order valence-corrected chi connectivity index (χ3v) is 5.54. The van der Waals surface area contributed by atoms with Gasteiger partial charge in [-0.3, -0.25) is 4.79 Å². The van der Waals surface area contributed by atoms with E-state index < -0.39 is 5.60 Å². The van der Waals surface area contributed by atoms with E-state index in [4.69, 9.17) is 0 Å². The number of rotatable bonds is 4. The molecule has 0 aromatic rings. The van der Waals surface area contributed by atoms with Crippen molar-refractivity contribution in [2.24, 2.45) is 17.8 Å². The molecule has 3 rings (SSSR count). The molecule has 1 amide bonds. The minimum Gasteiger partial charge on any atom is -0.386 e. The highest BCUT2D eigenvalue weighted by molar-refractivity contribution is 5.81. The highest BCUT2D eigenvalue weighted by Gasteiger charge is 2.48. The molecule has 0 radical (unpaired) electrons. The Kier molecular flexibility index (Phi) is 3.13. The van der Waals surface area contributed by atoms with Crippen molar-refractivity contribution in [1.29, 1.82) is 0 Å². The summed E-state index contributed by atoms with van der Waals surface area (Å²) in [5.74, 6) is 1.94. The zero-order valence-corrected chi connectivity index (χ0v) is 11.4. The second-order valence-corrected chi connectivity index (χ2v) is 6.68. The van der Waals surface area contributed by atoms with Crippen LogP contribution in [-0.4, -0.2) is 34.6 Å². The number of likely N-dealkylation sites (tertiary alicyclic amines) is 1. The Balaban J connectivity index is 1.62. The van der Waals surface area contributed by atoms with Crippen LogP contribution >= 0.6 is 0 Å². The zero-order valence-electron chi connectivity index (χ0n) is 11.4. The molecule has 3 aliphatic rings. The largest absolute Gasteiger partial charge is 0.386 e. The first kappa shape index (κ1) is 12.5. The van der Waals surface area contributed by atoms with Gasteiger partial charge in [0.2, 0.25) is 5.91 Å². The zero-order chi connectivity index (χ0) is 12.8. The molecule has 1 N–H and O–H groups in total. The predicted molar refractivity (Wildman–Crippen MR) is 70.0 cm³/mol. The number of hydrogen-bond donors (Lipinski definition) is 1. The van der Waals surface area contributed by atoms with Crippen LogP contribution in [0.2, 0.25) is 0 Å². The van der Waals surface area contributed by atoms with Gasteiger partial charge >= 0.3 is 0 Å². The summed E-state index contributed by atoms with van der Waals surface area (Å²) in [4.78, 5) is 14.5. The maximum atomic E-state index is 12.6. The van der Waals surface area contributed by atoms with Crippen molar-refractivity contribution < 1.29 is 9.90 Å². The Hall–Kier alpha value is -0.570. The molecular weight excluding hydrogens is 226 g/mol. The molecule has 0 aromatic carbocycles. The molecule has 2 saturated carbocycles. The van der Waals surface area contributed by atoms with Gasteiger partial charge in [-0.1, -0.05) is 19.8 Å². The van der Waals surface area contributed by atoms with E-state index >= 15 is 0 Å². The highest BCUT2D eigenvalue weighted by Crippen LogP contribution is 2.46. The van der Waals surface area contributed by atoms with Gasteiger partial charge in [0, 0.05) is 5.92 Å². The van der Waals surface area contributed by atoms with Crippen molar-refractivity contribution in [3.63, 3.8) is 0 Å². The maximum absolute atomic E-state index is 12.6. The van der Waals surface area contributed by atoms with Crippen LogP contribution in [0, 0.1) is 17.8 Å². The van der Waals surface area contributed by atoms with Gasteiger partial charge in [-0.25, -0.2) is 0 Å². The average molecular weight is 251 g/mol. The first-order valence-electron chi connectivity index (χ1n) is 7.64. The third-order valence-electron chi connectivity index (χ3n) is 5.54. The summed E-state index contributed by atoms with van der Waals surface area (Å²) in [6.07, 6.45) is 8.36. The molecule has 102 valence electrons. The van der Waals surface area contributed by atoms with E-state index in [0.29, 0.717) is 30.8 Å². The molecule has 18 heavy (non-hydrogen) atoms. The Morgan fingerprint density at radius 1 is 1.22 bits per heavy atom. The summed E-state index contributed by atoms with van der Waals surface area (Å²) in [6.45, 7) is 3.13. The van der Waals surface area contributed by atoms with Gasteiger partial charge in [0.25, 0.3) is 0 Å². The van der Waals surface area contributed by atoms with Crippen LogP contribution in [0.25, 0.3) is 0 Å². The summed E-state index contributed by atoms with van der Waals surface area (Å²) in [5, 5.41) is 10.0. The number of carbonyl (C=O) groups is 1. The van der Waals surface area contributed by atoms with Gasteiger partial charge < -0.3 is 10.0 Å². The molecule has 3 nitrogen and oxygen atoms in total. The molecule has 0 spiro atoms. The maximum Gasteiger partial charge on any atom is 0.226 e. The van der Waals surface area contributed by atoms with E-state index in [-0.39, 0.29) is 5.92 Å². The van der Waals surface area contributed by atoms with E-state index in [1.807, 2.05) is 11.8 Å². The van der Waals surface area contributed by atoms with Crippen LogP contribution in [0.1, 0.15) is 51.9 Å². The highest BCUT2D eigenvalue weighted by atomic mass is 16.3. The van der Waals surface area contributed by atoms with E-state index in [1.54, 1.807) is 0 Å². The van der Waals surface area contributed by atoms with Crippen molar-refractivity contribution in [3.8, 4) is 0 Å². The summed E-state index contributed by atoms with van der Waals surface area (Å²) < 4.78 is 0. The third kappa shape index (κ3) is 1.97. The average Bonchev–Trinajstić information content (AvgIpc) is 2.18. The minimum absolute atomic E-state index is 0.286. The summed E-state index contributed by atoms with van der Waals surface area (Å²) in [6, 6.07) is 0. The first-order valence-corrected chi connectivity index (χ1v) is 7.64. The Labute approximate surface area is 110 Å².